The van der Waals surface area contributed by atoms with Crippen LogP contribution in [-0.4, -0.2) is 13.3 Å². The third-order valence-electron chi connectivity index (χ3n) is 1.73. The van der Waals surface area contributed by atoms with Crippen LogP contribution in [-0.2, 0) is 6.18 Å². The summed E-state index contributed by atoms with van der Waals surface area (Å²) in [7, 11) is 1.31. The molecule has 0 aliphatic rings. The molecule has 0 amide bonds. The monoisotopic (exact) mass is 217 g/mol. The van der Waals surface area contributed by atoms with Crippen LogP contribution in [0.1, 0.15) is 12.5 Å². The molecule has 15 heavy (non-hydrogen) atoms. The number of alkyl halides is 3. The lowest BCUT2D eigenvalue weighted by Gasteiger charge is -2.09. The van der Waals surface area contributed by atoms with Crippen LogP contribution in [0.2, 0.25) is 0 Å². The fraction of sp³-hybridized carbons (Fsp3) is 0.300. The van der Waals surface area contributed by atoms with Crippen molar-refractivity contribution in [2.75, 3.05) is 7.11 Å². The summed E-state index contributed by atoms with van der Waals surface area (Å²) < 4.78 is 42.0. The highest BCUT2D eigenvalue weighted by molar-refractivity contribution is 5.62. The Morgan fingerprint density at radius 2 is 1.93 bits per heavy atom. The van der Waals surface area contributed by atoms with Gasteiger partial charge in [0.25, 0.3) is 0 Å². The van der Waals surface area contributed by atoms with Crippen LogP contribution in [0.5, 0.6) is 5.75 Å². The summed E-state index contributed by atoms with van der Waals surface area (Å²) in [5.41, 5.74) is -0.536. The average molecular weight is 217 g/mol. The van der Waals surface area contributed by atoms with Gasteiger partial charge in [0, 0.05) is 12.3 Å². The zero-order chi connectivity index (χ0) is 11.5. The van der Waals surface area contributed by atoms with Gasteiger partial charge in [-0.25, -0.2) is 0 Å². The molecule has 0 aliphatic heterocycles. The predicted octanol–water partition coefficient (Wildman–Crippen LogP) is 3.44. The van der Waals surface area contributed by atoms with Crippen molar-refractivity contribution >= 4 is 11.9 Å². The Balaban J connectivity index is 3.23. The van der Waals surface area contributed by atoms with Gasteiger partial charge < -0.3 is 4.74 Å². The van der Waals surface area contributed by atoms with E-state index >= 15 is 0 Å². The van der Waals surface area contributed by atoms with Crippen molar-refractivity contribution in [1.82, 2.24) is 0 Å². The molecule has 0 aliphatic carbocycles. The standard InChI is InChI=1S/C10H10F3NO/c1-3-14-8-4-7(10(11,12)13)5-9(6-8)15-2/h3-6H,1-2H3. The predicted molar refractivity (Wildman–Crippen MR) is 51.8 cm³/mol. The van der Waals surface area contributed by atoms with Crippen molar-refractivity contribution in [2.24, 2.45) is 4.99 Å². The molecule has 0 N–H and O–H groups in total. The summed E-state index contributed by atoms with van der Waals surface area (Å²) in [5, 5.41) is 0. The van der Waals surface area contributed by atoms with E-state index in [0.717, 1.165) is 12.1 Å². The average Bonchev–Trinajstić information content (AvgIpc) is 2.16. The lowest BCUT2D eigenvalue weighted by molar-refractivity contribution is -0.137. The molecular formula is C10H10F3NO. The normalized spacial score (nSPS) is 12.1. The molecule has 0 unspecified atom stereocenters. The van der Waals surface area contributed by atoms with Gasteiger partial charge in [-0.1, -0.05) is 0 Å². The van der Waals surface area contributed by atoms with Crippen LogP contribution in [0.3, 0.4) is 0 Å². The second-order valence-corrected chi connectivity index (χ2v) is 2.80. The molecular weight excluding hydrogens is 207 g/mol. The fourth-order valence-corrected chi connectivity index (χ4v) is 1.09. The number of rotatable bonds is 2. The van der Waals surface area contributed by atoms with Gasteiger partial charge in [-0.15, -0.1) is 0 Å². The third kappa shape index (κ3) is 2.97. The zero-order valence-electron chi connectivity index (χ0n) is 8.30. The molecule has 0 bridgehead atoms. The van der Waals surface area contributed by atoms with Gasteiger partial charge >= 0.3 is 6.18 Å². The summed E-state index contributed by atoms with van der Waals surface area (Å²) >= 11 is 0. The minimum absolute atomic E-state index is 0.144. The first-order chi connectivity index (χ1) is 6.97. The molecule has 0 saturated heterocycles. The summed E-state index contributed by atoms with van der Waals surface area (Å²) in [6.45, 7) is 1.63. The van der Waals surface area contributed by atoms with E-state index in [1.165, 1.54) is 19.4 Å². The topological polar surface area (TPSA) is 21.6 Å². The molecule has 1 aromatic carbocycles. The fourth-order valence-electron chi connectivity index (χ4n) is 1.09. The Morgan fingerprint density at radius 1 is 1.27 bits per heavy atom. The number of nitrogens with zero attached hydrogens (tertiary/aromatic N) is 1. The van der Waals surface area contributed by atoms with Gasteiger partial charge in [0.15, 0.2) is 0 Å². The maximum atomic E-state index is 12.4. The van der Waals surface area contributed by atoms with Gasteiger partial charge in [0.2, 0.25) is 0 Å². The van der Waals surface area contributed by atoms with Crippen molar-refractivity contribution in [3.63, 3.8) is 0 Å². The number of aliphatic imine (C=N–C) groups is 1. The number of benzene rings is 1. The van der Waals surface area contributed by atoms with Crippen molar-refractivity contribution in [3.8, 4) is 5.75 Å². The Kier molecular flexibility index (Phi) is 3.34. The van der Waals surface area contributed by atoms with E-state index in [1.54, 1.807) is 6.92 Å². The second-order valence-electron chi connectivity index (χ2n) is 2.80. The van der Waals surface area contributed by atoms with Gasteiger partial charge in [-0.05, 0) is 19.1 Å². The Labute approximate surface area is 85.4 Å². The lowest BCUT2D eigenvalue weighted by atomic mass is 10.2. The molecule has 0 aromatic heterocycles. The van der Waals surface area contributed by atoms with Crippen LogP contribution >= 0.6 is 0 Å². The number of hydrogen-bond donors (Lipinski definition) is 0. The van der Waals surface area contributed by atoms with E-state index in [4.69, 9.17) is 4.74 Å². The van der Waals surface area contributed by atoms with E-state index in [0.29, 0.717) is 0 Å². The van der Waals surface area contributed by atoms with Crippen LogP contribution in [0.15, 0.2) is 23.2 Å². The smallest absolute Gasteiger partial charge is 0.416 e. The number of halogens is 3. The molecule has 2 nitrogen and oxygen atoms in total. The number of methoxy groups -OCH3 is 1. The second kappa shape index (κ2) is 4.33. The summed E-state index contributed by atoms with van der Waals surface area (Å²) in [6.07, 6.45) is -2.96. The van der Waals surface area contributed by atoms with E-state index in [9.17, 15) is 13.2 Å². The Hall–Kier alpha value is -1.52. The third-order valence-corrected chi connectivity index (χ3v) is 1.73. The van der Waals surface area contributed by atoms with Crippen LogP contribution in [0.25, 0.3) is 0 Å². The quantitative estimate of drug-likeness (QED) is 0.695. The van der Waals surface area contributed by atoms with Gasteiger partial charge in [0.1, 0.15) is 5.75 Å². The lowest BCUT2D eigenvalue weighted by Crippen LogP contribution is -2.04. The maximum Gasteiger partial charge on any atom is 0.416 e. The highest BCUT2D eigenvalue weighted by Gasteiger charge is 2.31. The number of ether oxygens (including phenoxy) is 1. The summed E-state index contributed by atoms with van der Waals surface area (Å²) in [6, 6.07) is 3.35. The van der Waals surface area contributed by atoms with Crippen molar-refractivity contribution in [1.29, 1.82) is 0 Å². The van der Waals surface area contributed by atoms with Crippen molar-refractivity contribution in [2.45, 2.75) is 13.1 Å². The highest BCUT2D eigenvalue weighted by atomic mass is 19.4. The molecule has 5 heteroatoms. The summed E-state index contributed by atoms with van der Waals surface area (Å²) in [4.78, 5) is 3.78. The number of hydrogen-bond acceptors (Lipinski definition) is 2. The molecule has 0 radical (unpaired) electrons. The first kappa shape index (κ1) is 11.6. The van der Waals surface area contributed by atoms with E-state index in [2.05, 4.69) is 4.99 Å². The van der Waals surface area contributed by atoms with E-state index < -0.39 is 11.7 Å². The molecule has 0 spiro atoms. The first-order valence-corrected chi connectivity index (χ1v) is 4.22. The highest BCUT2D eigenvalue weighted by Crippen LogP contribution is 2.34. The molecule has 0 fully saturated rings. The molecule has 82 valence electrons. The Morgan fingerprint density at radius 3 is 2.40 bits per heavy atom. The minimum Gasteiger partial charge on any atom is -0.497 e. The van der Waals surface area contributed by atoms with E-state index in [1.807, 2.05) is 0 Å². The van der Waals surface area contributed by atoms with Gasteiger partial charge in [-0.2, -0.15) is 13.2 Å². The largest absolute Gasteiger partial charge is 0.497 e. The molecule has 0 heterocycles. The van der Waals surface area contributed by atoms with Crippen LogP contribution in [0, 0.1) is 0 Å². The van der Waals surface area contributed by atoms with Crippen molar-refractivity contribution in [3.05, 3.63) is 23.8 Å². The van der Waals surface area contributed by atoms with Crippen LogP contribution < -0.4 is 4.74 Å². The van der Waals surface area contributed by atoms with Gasteiger partial charge in [0.05, 0.1) is 18.4 Å². The zero-order valence-corrected chi connectivity index (χ0v) is 8.30. The SMILES string of the molecule is CC=Nc1cc(OC)cc(C(F)(F)F)c1. The molecule has 1 aromatic rings. The van der Waals surface area contributed by atoms with Gasteiger partial charge in [-0.3, -0.25) is 4.99 Å². The summed E-state index contributed by atoms with van der Waals surface area (Å²) in [5.74, 6) is 0.144. The molecule has 1 rings (SSSR count). The minimum atomic E-state index is -4.38. The van der Waals surface area contributed by atoms with E-state index in [-0.39, 0.29) is 11.4 Å². The Bertz CT molecular complexity index is 371. The molecule has 0 saturated carbocycles. The first-order valence-electron chi connectivity index (χ1n) is 4.22. The maximum absolute atomic E-state index is 12.4. The van der Waals surface area contributed by atoms with Crippen LogP contribution in [0.4, 0.5) is 18.9 Å². The molecule has 0 atom stereocenters. The van der Waals surface area contributed by atoms with Crippen molar-refractivity contribution < 1.29 is 17.9 Å².